The number of benzene rings is 2. The summed E-state index contributed by atoms with van der Waals surface area (Å²) < 4.78 is 41.2. The predicted octanol–water partition coefficient (Wildman–Crippen LogP) is 2.55. The van der Waals surface area contributed by atoms with E-state index in [1.54, 1.807) is 12.1 Å². The van der Waals surface area contributed by atoms with Crippen molar-refractivity contribution in [2.45, 2.75) is 0 Å². The van der Waals surface area contributed by atoms with Crippen LogP contribution in [0.1, 0.15) is 0 Å². The zero-order valence-corrected chi connectivity index (χ0v) is 20.2. The molecule has 35 heavy (non-hydrogen) atoms. The van der Waals surface area contributed by atoms with Crippen LogP contribution in [-0.2, 0) is 30.7 Å². The van der Waals surface area contributed by atoms with E-state index in [0.717, 1.165) is 11.0 Å². The van der Waals surface area contributed by atoms with E-state index in [-0.39, 0.29) is 5.43 Å². The van der Waals surface area contributed by atoms with E-state index in [4.69, 9.17) is 33.2 Å². The number of pyridine rings is 1. The van der Waals surface area contributed by atoms with Crippen LogP contribution in [0.3, 0.4) is 0 Å². The Bertz CT molecular complexity index is 1060. The van der Waals surface area contributed by atoms with Crippen LogP contribution in [0, 0.1) is 0 Å². The first-order chi connectivity index (χ1) is 17.2. The van der Waals surface area contributed by atoms with E-state index in [0.29, 0.717) is 102 Å². The lowest BCUT2D eigenvalue weighted by Crippen LogP contribution is -2.15. The summed E-state index contributed by atoms with van der Waals surface area (Å²) >= 11 is 0. The van der Waals surface area contributed by atoms with Crippen LogP contribution in [0.5, 0.6) is 11.5 Å². The van der Waals surface area contributed by atoms with Crippen LogP contribution in [0.4, 0.5) is 0 Å². The molecule has 1 aromatic heterocycles. The Morgan fingerprint density at radius 1 is 0.543 bits per heavy atom. The van der Waals surface area contributed by atoms with Crippen LogP contribution >= 0.6 is 0 Å². The summed E-state index contributed by atoms with van der Waals surface area (Å²) in [7, 11) is 1.95. The van der Waals surface area contributed by atoms with E-state index >= 15 is 0 Å². The van der Waals surface area contributed by atoms with Gasteiger partial charge in [-0.1, -0.05) is 0 Å². The Kier molecular flexibility index (Phi) is 9.74. The van der Waals surface area contributed by atoms with Crippen molar-refractivity contribution in [1.29, 1.82) is 0 Å². The topological polar surface area (TPSA) is 86.6 Å². The summed E-state index contributed by atoms with van der Waals surface area (Å²) in [4.78, 5) is 13.3. The molecule has 190 valence electrons. The lowest BCUT2D eigenvalue weighted by molar-refractivity contribution is -0.0141. The third-order valence-electron chi connectivity index (χ3n) is 5.63. The van der Waals surface area contributed by atoms with Gasteiger partial charge in [0.15, 0.2) is 5.43 Å². The Morgan fingerprint density at radius 2 is 0.886 bits per heavy atom. The Hall–Kier alpha value is -2.69. The van der Waals surface area contributed by atoms with Crippen LogP contribution in [0.15, 0.2) is 41.2 Å². The highest BCUT2D eigenvalue weighted by Gasteiger charge is 2.11. The molecule has 0 fully saturated rings. The molecule has 3 aromatic rings. The maximum atomic E-state index is 13.3. The van der Waals surface area contributed by atoms with Crippen molar-refractivity contribution in [3.63, 3.8) is 0 Å². The molecule has 9 heteroatoms. The van der Waals surface area contributed by atoms with E-state index < -0.39 is 0 Å². The number of ether oxygens (including phenoxy) is 7. The van der Waals surface area contributed by atoms with Crippen LogP contribution in [0.2, 0.25) is 0 Å². The minimum Gasteiger partial charge on any atom is -0.491 e. The summed E-state index contributed by atoms with van der Waals surface area (Å²) in [5.41, 5.74) is 1.62. The highest BCUT2D eigenvalue weighted by molar-refractivity contribution is 5.94. The second-order valence-electron chi connectivity index (χ2n) is 8.00. The second kappa shape index (κ2) is 13.4. The fraction of sp³-hybridized carbons (Fsp3) is 0.500. The van der Waals surface area contributed by atoms with E-state index in [1.807, 2.05) is 35.9 Å². The average Bonchev–Trinajstić information content (AvgIpc) is 2.88. The molecule has 0 saturated carbocycles. The normalized spacial score (nSPS) is 18.2. The SMILES string of the molecule is Cn1c2ccc3cc2c(=O)c2cc(ccc21)OCCOCCOCCOCCOCCOCCO3. The van der Waals surface area contributed by atoms with Gasteiger partial charge in [0, 0.05) is 17.8 Å². The lowest BCUT2D eigenvalue weighted by Gasteiger charge is -2.14. The van der Waals surface area contributed by atoms with Gasteiger partial charge in [0.05, 0.1) is 77.1 Å². The molecule has 0 N–H and O–H groups in total. The van der Waals surface area contributed by atoms with Gasteiger partial charge in [0.25, 0.3) is 0 Å². The summed E-state index contributed by atoms with van der Waals surface area (Å²) in [6, 6.07) is 11.1. The van der Waals surface area contributed by atoms with Gasteiger partial charge >= 0.3 is 0 Å². The molecule has 2 aromatic carbocycles. The number of aromatic nitrogens is 1. The molecule has 4 bridgehead atoms. The molecule has 0 spiro atoms. The fourth-order valence-corrected chi connectivity index (χ4v) is 3.85. The molecule has 1 aliphatic heterocycles. The van der Waals surface area contributed by atoms with Gasteiger partial charge in [-0.25, -0.2) is 0 Å². The summed E-state index contributed by atoms with van der Waals surface area (Å²) in [5.74, 6) is 1.25. The second-order valence-corrected chi connectivity index (χ2v) is 8.00. The monoisotopic (exact) mass is 487 g/mol. The highest BCUT2D eigenvalue weighted by Crippen LogP contribution is 2.25. The van der Waals surface area contributed by atoms with Gasteiger partial charge in [0.2, 0.25) is 0 Å². The molecule has 0 saturated heterocycles. The lowest BCUT2D eigenvalue weighted by atomic mass is 10.1. The molecule has 0 unspecified atom stereocenters. The molecule has 0 atom stereocenters. The number of nitrogens with zero attached hydrogens (tertiary/aromatic N) is 1. The number of aryl methyl sites for hydroxylation is 1. The zero-order chi connectivity index (χ0) is 24.3. The third kappa shape index (κ3) is 7.16. The van der Waals surface area contributed by atoms with E-state index in [9.17, 15) is 4.79 Å². The summed E-state index contributed by atoms with van der Waals surface area (Å²) in [6.07, 6.45) is 0. The largest absolute Gasteiger partial charge is 0.491 e. The maximum absolute atomic E-state index is 13.3. The van der Waals surface area contributed by atoms with Gasteiger partial charge in [0.1, 0.15) is 24.7 Å². The number of hydrogen-bond donors (Lipinski definition) is 0. The van der Waals surface area contributed by atoms with Gasteiger partial charge in [-0.05, 0) is 36.4 Å². The van der Waals surface area contributed by atoms with Crippen molar-refractivity contribution < 1.29 is 33.2 Å². The van der Waals surface area contributed by atoms with Gasteiger partial charge < -0.3 is 37.7 Å². The van der Waals surface area contributed by atoms with Crippen LogP contribution in [-0.4, -0.2) is 83.8 Å². The van der Waals surface area contributed by atoms with Gasteiger partial charge in [-0.15, -0.1) is 0 Å². The van der Waals surface area contributed by atoms with Crippen molar-refractivity contribution in [3.05, 3.63) is 46.6 Å². The molecular weight excluding hydrogens is 454 g/mol. The first kappa shape index (κ1) is 25.4. The molecular formula is C26H33NO8. The van der Waals surface area contributed by atoms with E-state index in [2.05, 4.69) is 0 Å². The first-order valence-corrected chi connectivity index (χ1v) is 11.9. The van der Waals surface area contributed by atoms with Crippen LogP contribution < -0.4 is 14.9 Å². The van der Waals surface area contributed by atoms with Gasteiger partial charge in [-0.3, -0.25) is 4.79 Å². The summed E-state index contributed by atoms with van der Waals surface area (Å²) in [5, 5.41) is 1.19. The Labute approximate surface area is 204 Å². The Balaban J connectivity index is 1.47. The van der Waals surface area contributed by atoms with Crippen molar-refractivity contribution in [3.8, 4) is 11.5 Å². The van der Waals surface area contributed by atoms with Crippen molar-refractivity contribution >= 4 is 21.8 Å². The van der Waals surface area contributed by atoms with E-state index in [1.165, 1.54) is 0 Å². The molecule has 0 aliphatic carbocycles. The third-order valence-corrected chi connectivity index (χ3v) is 5.63. The maximum Gasteiger partial charge on any atom is 0.197 e. The number of hydrogen-bond acceptors (Lipinski definition) is 8. The fourth-order valence-electron chi connectivity index (χ4n) is 3.85. The predicted molar refractivity (Wildman–Crippen MR) is 132 cm³/mol. The molecule has 1 aliphatic rings. The number of fused-ring (bicyclic) bond motifs is 2. The molecule has 2 heterocycles. The average molecular weight is 488 g/mol. The minimum atomic E-state index is -0.0591. The van der Waals surface area contributed by atoms with Crippen LogP contribution in [0.25, 0.3) is 21.8 Å². The molecule has 9 nitrogen and oxygen atoms in total. The Morgan fingerprint density at radius 3 is 1.26 bits per heavy atom. The quantitative estimate of drug-likeness (QED) is 0.447. The highest BCUT2D eigenvalue weighted by atomic mass is 16.6. The molecule has 0 amide bonds. The first-order valence-electron chi connectivity index (χ1n) is 11.9. The minimum absolute atomic E-state index is 0.0591. The summed E-state index contributed by atoms with van der Waals surface area (Å²) in [6.45, 7) is 5.56. The zero-order valence-electron chi connectivity index (χ0n) is 20.2. The molecule has 4 rings (SSSR count). The molecule has 0 radical (unpaired) electrons. The number of rotatable bonds is 0. The van der Waals surface area contributed by atoms with Crippen molar-refractivity contribution in [2.24, 2.45) is 7.05 Å². The smallest absolute Gasteiger partial charge is 0.197 e. The van der Waals surface area contributed by atoms with Crippen molar-refractivity contribution in [1.82, 2.24) is 4.57 Å². The van der Waals surface area contributed by atoms with Gasteiger partial charge in [-0.2, -0.15) is 0 Å². The van der Waals surface area contributed by atoms with Crippen molar-refractivity contribution in [2.75, 3.05) is 79.3 Å². The standard InChI is InChI=1S/C26H33NO8/c1-27-24-4-2-20-18-22(24)26(28)23-19-21(3-5-25(23)27)35-17-15-33-13-11-31-9-7-29-6-8-30-10-12-32-14-16-34-20/h2-5,18-19H,6-17H2,1H3.